The lowest BCUT2D eigenvalue weighted by molar-refractivity contribution is -0.120. The Kier molecular flexibility index (Phi) is 5.13. The molecule has 1 aliphatic heterocycles. The van der Waals surface area contributed by atoms with Gasteiger partial charge in [0, 0.05) is 13.1 Å². The van der Waals surface area contributed by atoms with E-state index in [1.54, 1.807) is 42.5 Å². The quantitative estimate of drug-likeness (QED) is 0.702. The highest BCUT2D eigenvalue weighted by Crippen LogP contribution is 2.29. The molecule has 1 aliphatic rings. The van der Waals surface area contributed by atoms with Crippen molar-refractivity contribution in [3.8, 4) is 0 Å². The van der Waals surface area contributed by atoms with Crippen LogP contribution in [0.25, 0.3) is 10.2 Å². The molecule has 0 bridgehead atoms. The first-order valence-corrected chi connectivity index (χ1v) is 11.1. The number of carbonyl (C=O) groups is 1. The average Bonchev–Trinajstić information content (AvgIpc) is 3.12. The second kappa shape index (κ2) is 7.57. The Balaban J connectivity index is 1.49. The van der Waals surface area contributed by atoms with Crippen molar-refractivity contribution in [2.45, 2.75) is 17.7 Å². The number of nitrogens with zero attached hydrogens (tertiary/aromatic N) is 2. The largest absolute Gasteiger partial charge is 0.302 e. The lowest BCUT2D eigenvalue weighted by Gasteiger charge is -2.31. The smallest absolute Gasteiger partial charge is 0.243 e. The summed E-state index contributed by atoms with van der Waals surface area (Å²) in [7, 11) is -3.64. The summed E-state index contributed by atoms with van der Waals surface area (Å²) < 4.78 is 41.4. The van der Waals surface area contributed by atoms with Gasteiger partial charge in [0.05, 0.1) is 15.5 Å². The molecule has 1 atom stereocenters. The molecule has 1 fully saturated rings. The Labute approximate surface area is 166 Å². The van der Waals surface area contributed by atoms with Crippen LogP contribution in [0.4, 0.5) is 9.52 Å². The Hall–Kier alpha value is -2.36. The third-order valence-corrected chi connectivity index (χ3v) is 7.55. The standard InChI is InChI=1S/C19H18FN3O3S2/c20-15-9-4-10-16-17(15)21-19(27-16)22-18(24)13-6-5-11-23(12-13)28(25,26)14-7-2-1-3-8-14/h1-4,7-10,13H,5-6,11-12H2,(H,21,22,24). The van der Waals surface area contributed by atoms with Crippen molar-refractivity contribution in [1.82, 2.24) is 9.29 Å². The number of amides is 1. The monoisotopic (exact) mass is 419 g/mol. The van der Waals surface area contributed by atoms with Gasteiger partial charge in [-0.2, -0.15) is 4.31 Å². The summed E-state index contributed by atoms with van der Waals surface area (Å²) in [4.78, 5) is 17.0. The zero-order chi connectivity index (χ0) is 19.7. The zero-order valence-electron chi connectivity index (χ0n) is 14.8. The number of hydrogen-bond donors (Lipinski definition) is 1. The van der Waals surface area contributed by atoms with E-state index in [1.165, 1.54) is 21.7 Å². The number of thiazole rings is 1. The summed E-state index contributed by atoms with van der Waals surface area (Å²) in [5.41, 5.74) is 0.222. The van der Waals surface area contributed by atoms with Gasteiger partial charge in [0.15, 0.2) is 5.13 Å². The summed E-state index contributed by atoms with van der Waals surface area (Å²) in [5, 5.41) is 3.03. The van der Waals surface area contributed by atoms with E-state index in [0.717, 1.165) is 0 Å². The minimum absolute atomic E-state index is 0.113. The molecule has 1 saturated heterocycles. The molecule has 2 aromatic carbocycles. The molecule has 1 amide bonds. The first kappa shape index (κ1) is 19.0. The van der Waals surface area contributed by atoms with Gasteiger partial charge in [0.2, 0.25) is 15.9 Å². The Morgan fingerprint density at radius 3 is 2.71 bits per heavy atom. The number of para-hydroxylation sites is 1. The van der Waals surface area contributed by atoms with Gasteiger partial charge in [-0.25, -0.2) is 17.8 Å². The van der Waals surface area contributed by atoms with E-state index in [0.29, 0.717) is 29.2 Å². The Morgan fingerprint density at radius 2 is 1.96 bits per heavy atom. The third kappa shape index (κ3) is 3.65. The molecule has 0 radical (unpaired) electrons. The van der Waals surface area contributed by atoms with Crippen LogP contribution in [0.3, 0.4) is 0 Å². The number of fused-ring (bicyclic) bond motifs is 1. The fourth-order valence-electron chi connectivity index (χ4n) is 3.29. The van der Waals surface area contributed by atoms with Crippen LogP contribution in [0.1, 0.15) is 12.8 Å². The molecule has 1 aromatic heterocycles. The number of anilines is 1. The number of piperidine rings is 1. The van der Waals surface area contributed by atoms with Crippen LogP contribution in [0, 0.1) is 11.7 Å². The number of halogens is 1. The van der Waals surface area contributed by atoms with Gasteiger partial charge in [-0.05, 0) is 37.1 Å². The van der Waals surface area contributed by atoms with E-state index < -0.39 is 21.8 Å². The van der Waals surface area contributed by atoms with Gasteiger partial charge in [-0.3, -0.25) is 4.79 Å². The number of hydrogen-bond acceptors (Lipinski definition) is 5. The fourth-order valence-corrected chi connectivity index (χ4v) is 5.72. The minimum atomic E-state index is -3.64. The van der Waals surface area contributed by atoms with Crippen molar-refractivity contribution < 1.29 is 17.6 Å². The fraction of sp³-hybridized carbons (Fsp3) is 0.263. The molecule has 1 N–H and O–H groups in total. The molecule has 0 saturated carbocycles. The zero-order valence-corrected chi connectivity index (χ0v) is 16.5. The molecule has 146 valence electrons. The molecular formula is C19H18FN3O3S2. The summed E-state index contributed by atoms with van der Waals surface area (Å²) in [6.45, 7) is 0.496. The first-order valence-electron chi connectivity index (χ1n) is 8.86. The third-order valence-electron chi connectivity index (χ3n) is 4.74. The second-order valence-electron chi connectivity index (χ2n) is 6.61. The summed E-state index contributed by atoms with van der Waals surface area (Å²) in [6, 6.07) is 12.9. The molecular weight excluding hydrogens is 401 g/mol. The van der Waals surface area contributed by atoms with Crippen LogP contribution in [0.15, 0.2) is 53.4 Å². The Bertz CT molecular complexity index is 1120. The molecule has 2 heterocycles. The van der Waals surface area contributed by atoms with Gasteiger partial charge < -0.3 is 5.32 Å². The van der Waals surface area contributed by atoms with Crippen molar-refractivity contribution in [2.75, 3.05) is 18.4 Å². The van der Waals surface area contributed by atoms with E-state index in [9.17, 15) is 17.6 Å². The predicted octanol–water partition coefficient (Wildman–Crippen LogP) is 3.47. The van der Waals surface area contributed by atoms with E-state index >= 15 is 0 Å². The van der Waals surface area contributed by atoms with Crippen LogP contribution < -0.4 is 5.32 Å². The predicted molar refractivity (Wildman–Crippen MR) is 106 cm³/mol. The van der Waals surface area contributed by atoms with Crippen LogP contribution in [0.5, 0.6) is 0 Å². The number of sulfonamides is 1. The number of carbonyl (C=O) groups excluding carboxylic acids is 1. The number of rotatable bonds is 4. The van der Waals surface area contributed by atoms with Crippen LogP contribution in [-0.2, 0) is 14.8 Å². The summed E-state index contributed by atoms with van der Waals surface area (Å²) >= 11 is 1.19. The molecule has 0 spiro atoms. The molecule has 28 heavy (non-hydrogen) atoms. The van der Waals surface area contributed by atoms with Crippen molar-refractivity contribution in [3.05, 3.63) is 54.3 Å². The van der Waals surface area contributed by atoms with Crippen molar-refractivity contribution in [3.63, 3.8) is 0 Å². The topological polar surface area (TPSA) is 79.4 Å². The highest BCUT2D eigenvalue weighted by Gasteiger charge is 2.33. The molecule has 4 rings (SSSR count). The van der Waals surface area contributed by atoms with Crippen molar-refractivity contribution in [1.29, 1.82) is 0 Å². The lowest BCUT2D eigenvalue weighted by Crippen LogP contribution is -2.43. The number of benzene rings is 2. The van der Waals surface area contributed by atoms with Crippen molar-refractivity contribution in [2.24, 2.45) is 5.92 Å². The SMILES string of the molecule is O=C(Nc1nc2c(F)cccc2s1)C1CCCN(S(=O)(=O)c2ccccc2)C1. The van der Waals surface area contributed by atoms with Crippen LogP contribution in [0.2, 0.25) is 0 Å². The molecule has 0 aliphatic carbocycles. The van der Waals surface area contributed by atoms with E-state index in [1.807, 2.05) is 0 Å². The molecule has 1 unspecified atom stereocenters. The maximum atomic E-state index is 13.8. The highest BCUT2D eigenvalue weighted by atomic mass is 32.2. The summed E-state index contributed by atoms with van der Waals surface area (Å²) in [5.74, 6) is -1.22. The molecule has 3 aromatic rings. The van der Waals surface area contributed by atoms with Gasteiger partial charge in [0.25, 0.3) is 0 Å². The number of nitrogens with one attached hydrogen (secondary N) is 1. The van der Waals surface area contributed by atoms with Crippen LogP contribution >= 0.6 is 11.3 Å². The maximum absolute atomic E-state index is 13.8. The minimum Gasteiger partial charge on any atom is -0.302 e. The van der Waals surface area contributed by atoms with Crippen molar-refractivity contribution >= 4 is 42.6 Å². The second-order valence-corrected chi connectivity index (χ2v) is 9.58. The molecule has 9 heteroatoms. The summed E-state index contributed by atoms with van der Waals surface area (Å²) in [6.07, 6.45) is 1.19. The van der Waals surface area contributed by atoms with E-state index in [4.69, 9.17) is 0 Å². The molecule has 6 nitrogen and oxygen atoms in total. The van der Waals surface area contributed by atoms with Gasteiger partial charge >= 0.3 is 0 Å². The van der Waals surface area contributed by atoms with Gasteiger partial charge in [-0.1, -0.05) is 35.6 Å². The first-order chi connectivity index (χ1) is 13.4. The Morgan fingerprint density at radius 1 is 1.18 bits per heavy atom. The number of aromatic nitrogens is 1. The highest BCUT2D eigenvalue weighted by molar-refractivity contribution is 7.89. The average molecular weight is 420 g/mol. The van der Waals surface area contributed by atoms with Gasteiger partial charge in [0.1, 0.15) is 11.3 Å². The normalized spacial score (nSPS) is 18.2. The van der Waals surface area contributed by atoms with Gasteiger partial charge in [-0.15, -0.1) is 0 Å². The van der Waals surface area contributed by atoms with E-state index in [-0.39, 0.29) is 22.9 Å². The van der Waals surface area contributed by atoms with Crippen LogP contribution in [-0.4, -0.2) is 36.7 Å². The maximum Gasteiger partial charge on any atom is 0.243 e. The lowest BCUT2D eigenvalue weighted by atomic mass is 9.99. The van der Waals surface area contributed by atoms with E-state index in [2.05, 4.69) is 10.3 Å².